The van der Waals surface area contributed by atoms with Gasteiger partial charge in [-0.05, 0) is 39.5 Å². The number of ether oxygens (including phenoxy) is 9. The summed E-state index contributed by atoms with van der Waals surface area (Å²) in [6.07, 6.45) is -14.7. The molecule has 0 aromatic carbocycles. The number of aliphatic hydroxyl groups excluding tert-OH is 9. The zero-order valence-corrected chi connectivity index (χ0v) is 51.4. The maximum Gasteiger partial charge on any atom is 0.222 e. The fourth-order valence-electron chi connectivity index (χ4n) is 9.58. The highest BCUT2D eigenvalue weighted by Crippen LogP contribution is 2.28. The minimum atomic E-state index is -1.57. The summed E-state index contributed by atoms with van der Waals surface area (Å²) < 4.78 is 51.7. The molecule has 1 aliphatic carbocycles. The van der Waals surface area contributed by atoms with Crippen LogP contribution in [0, 0.1) is 5.92 Å². The van der Waals surface area contributed by atoms with E-state index in [9.17, 15) is 84.3 Å². The van der Waals surface area contributed by atoms with Gasteiger partial charge in [-0.2, -0.15) is 0 Å². The fraction of sp³-hybridized carbons (Fsp3) is 0.855. The maximum atomic E-state index is 13.7. The van der Waals surface area contributed by atoms with Crippen molar-refractivity contribution in [1.82, 2.24) is 42.5 Å². The lowest BCUT2D eigenvalue weighted by Gasteiger charge is -2.42. The highest BCUT2D eigenvalue weighted by molar-refractivity contribution is 5.84. The Balaban J connectivity index is 1.65. The van der Waals surface area contributed by atoms with Gasteiger partial charge < -0.3 is 131 Å². The first-order valence-electron chi connectivity index (χ1n) is 30.0. The Labute approximate surface area is 516 Å². The summed E-state index contributed by atoms with van der Waals surface area (Å²) in [5.41, 5.74) is -1.57. The average Bonchev–Trinajstić information content (AvgIpc) is 2.16. The number of hydrogen-bond donors (Lipinski definition) is 17. The van der Waals surface area contributed by atoms with E-state index in [1.807, 2.05) is 0 Å². The molecule has 0 spiro atoms. The van der Waals surface area contributed by atoms with E-state index in [-0.39, 0.29) is 143 Å². The lowest BCUT2D eigenvalue weighted by molar-refractivity contribution is -0.270. The van der Waals surface area contributed by atoms with Gasteiger partial charge in [-0.3, -0.25) is 38.4 Å². The predicted molar refractivity (Wildman–Crippen MR) is 306 cm³/mol. The summed E-state index contributed by atoms with van der Waals surface area (Å²) in [5.74, 6) is -4.69. The Morgan fingerprint density at radius 3 is 1.25 bits per heavy atom. The first-order chi connectivity index (χ1) is 42.3. The van der Waals surface area contributed by atoms with E-state index in [2.05, 4.69) is 42.5 Å². The first-order valence-corrected chi connectivity index (χ1v) is 30.0. The fourth-order valence-corrected chi connectivity index (χ4v) is 9.58. The Morgan fingerprint density at radius 1 is 0.472 bits per heavy atom. The summed E-state index contributed by atoms with van der Waals surface area (Å²) in [5, 5.41) is 113. The van der Waals surface area contributed by atoms with Crippen LogP contribution in [-0.4, -0.2) is 296 Å². The zero-order valence-electron chi connectivity index (χ0n) is 51.4. The largest absolute Gasteiger partial charge is 0.396 e. The number of aliphatic hydroxyl groups is 9. The third-order valence-corrected chi connectivity index (χ3v) is 14.3. The molecule has 514 valence electrons. The van der Waals surface area contributed by atoms with E-state index in [1.54, 1.807) is 13.8 Å². The van der Waals surface area contributed by atoms with Crippen molar-refractivity contribution in [2.75, 3.05) is 106 Å². The molecule has 0 radical (unpaired) electrons. The van der Waals surface area contributed by atoms with Crippen molar-refractivity contribution in [2.24, 2.45) is 5.92 Å². The summed E-state index contributed by atoms with van der Waals surface area (Å²) >= 11 is 0. The summed E-state index contributed by atoms with van der Waals surface area (Å²) in [6, 6.07) is -3.25. The molecule has 3 rings (SSSR count). The summed E-state index contributed by atoms with van der Waals surface area (Å²) in [6.45, 7) is 4.05. The van der Waals surface area contributed by atoms with Crippen molar-refractivity contribution in [3.63, 3.8) is 0 Å². The minimum Gasteiger partial charge on any atom is -0.396 e. The third kappa shape index (κ3) is 29.0. The molecule has 8 amide bonds. The molecule has 2 saturated heterocycles. The van der Waals surface area contributed by atoms with E-state index in [1.165, 1.54) is 20.8 Å². The lowest BCUT2D eigenvalue weighted by atomic mass is 9.79. The maximum absolute atomic E-state index is 13.7. The number of nitrogens with one attached hydrogen (secondary N) is 8. The van der Waals surface area contributed by atoms with Crippen LogP contribution in [0.2, 0.25) is 0 Å². The number of rotatable bonds is 43. The van der Waals surface area contributed by atoms with Crippen LogP contribution >= 0.6 is 0 Å². The van der Waals surface area contributed by atoms with Gasteiger partial charge in [0.15, 0.2) is 12.6 Å². The average molecular weight is 1290 g/mol. The molecule has 0 aromatic rings. The Kier molecular flexibility index (Phi) is 37.1. The molecule has 17 N–H and O–H groups in total. The van der Waals surface area contributed by atoms with E-state index in [0.717, 1.165) is 0 Å². The molecule has 1 saturated carbocycles. The van der Waals surface area contributed by atoms with E-state index < -0.39 is 164 Å². The highest BCUT2D eigenvalue weighted by atomic mass is 16.7. The zero-order chi connectivity index (χ0) is 66.1. The molecular formula is C55H98N8O26. The monoisotopic (exact) mass is 1290 g/mol. The second-order valence-corrected chi connectivity index (χ2v) is 22.2. The van der Waals surface area contributed by atoms with Crippen LogP contribution in [0.4, 0.5) is 0 Å². The van der Waals surface area contributed by atoms with Gasteiger partial charge in [0.25, 0.3) is 0 Å². The topological polar surface area (TPSA) is 498 Å². The van der Waals surface area contributed by atoms with Crippen LogP contribution in [0.5, 0.6) is 0 Å². The van der Waals surface area contributed by atoms with Crippen molar-refractivity contribution in [2.45, 2.75) is 190 Å². The second kappa shape index (κ2) is 42.2. The predicted octanol–water partition coefficient (Wildman–Crippen LogP) is -7.60. The highest BCUT2D eigenvalue weighted by Gasteiger charge is 2.47. The van der Waals surface area contributed by atoms with Gasteiger partial charge in [0.05, 0.1) is 90.4 Å². The Hall–Kier alpha value is -4.96. The molecule has 34 heteroatoms. The molecule has 2 aliphatic heterocycles. The molecular weight excluding hydrogens is 1190 g/mol. The van der Waals surface area contributed by atoms with Gasteiger partial charge in [-0.15, -0.1) is 0 Å². The Bertz CT molecular complexity index is 1950. The van der Waals surface area contributed by atoms with Crippen LogP contribution in [0.25, 0.3) is 0 Å². The van der Waals surface area contributed by atoms with E-state index in [0.29, 0.717) is 6.42 Å². The van der Waals surface area contributed by atoms with Gasteiger partial charge >= 0.3 is 0 Å². The summed E-state index contributed by atoms with van der Waals surface area (Å²) in [4.78, 5) is 101. The van der Waals surface area contributed by atoms with Crippen molar-refractivity contribution in [1.29, 1.82) is 0 Å². The normalized spacial score (nSPS) is 27.6. The smallest absolute Gasteiger partial charge is 0.222 e. The molecule has 2 heterocycles. The lowest BCUT2D eigenvalue weighted by Crippen LogP contribution is -2.64. The molecule has 3 aliphatic rings. The van der Waals surface area contributed by atoms with Crippen LogP contribution in [-0.2, 0) is 81.0 Å². The number of amides is 8. The molecule has 0 aromatic heterocycles. The van der Waals surface area contributed by atoms with Gasteiger partial charge in [0.1, 0.15) is 67.1 Å². The number of carbonyl (C=O) groups excluding carboxylic acids is 8. The number of hydrogen-bond acceptors (Lipinski definition) is 26. The molecule has 3 fully saturated rings. The third-order valence-electron chi connectivity index (χ3n) is 14.3. The van der Waals surface area contributed by atoms with Crippen molar-refractivity contribution in [3.05, 3.63) is 0 Å². The summed E-state index contributed by atoms with van der Waals surface area (Å²) in [7, 11) is 0. The van der Waals surface area contributed by atoms with Crippen LogP contribution in [0.3, 0.4) is 0 Å². The van der Waals surface area contributed by atoms with Gasteiger partial charge in [0.2, 0.25) is 47.3 Å². The van der Waals surface area contributed by atoms with E-state index in [4.69, 9.17) is 42.6 Å². The molecule has 15 atom stereocenters. The number of carbonyl (C=O) groups is 8. The Morgan fingerprint density at radius 2 is 0.854 bits per heavy atom. The van der Waals surface area contributed by atoms with Gasteiger partial charge in [-0.25, -0.2) is 0 Å². The SMILES string of the molecule is CC(=O)NC1[C@H](OCCCNC(=O)CCOCC(COCCC(=O)NCCCO[C@@H]2OC(CO)[C@@H](O)[C@H](O)C2NC(C)=O)(COCCC(=O)NCCCO[C@@H]2CC(CO)[C@H](O)[C@H](O)C2NC(C)=O)NC(=O)CCC(=O)NCOC(C)C)OC(CO)[C@@H](O)[C@@H]1O. The van der Waals surface area contributed by atoms with Crippen molar-refractivity contribution < 1.29 is 127 Å². The van der Waals surface area contributed by atoms with Crippen LogP contribution in [0.1, 0.15) is 92.4 Å². The van der Waals surface area contributed by atoms with Crippen molar-refractivity contribution in [3.8, 4) is 0 Å². The van der Waals surface area contributed by atoms with Crippen LogP contribution in [0.15, 0.2) is 0 Å². The van der Waals surface area contributed by atoms with Gasteiger partial charge in [0, 0.05) is 91.6 Å². The second-order valence-electron chi connectivity index (χ2n) is 22.2. The molecule has 6 unspecified atom stereocenters. The van der Waals surface area contributed by atoms with Crippen LogP contribution < -0.4 is 42.5 Å². The van der Waals surface area contributed by atoms with E-state index >= 15 is 0 Å². The minimum absolute atomic E-state index is 0.0397. The standard InChI is InChI=1S/C55H98N8O26/c1-31(2)87-30-59-39(70)9-10-43(74)63-55(27-81-20-11-40(71)56-14-6-17-84-36-23-35(24-64)47(75)50(78)44(36)60-32(3)67,28-82-21-12-41(72)57-15-7-18-85-53-45(61-33(4)68)51(79)48(76)37(25-65)88-53)29-83-22-13-42(73)58-16-8-19-86-54-46(62-34(5)69)52(80)49(77)38(26-66)89-54/h31,35-38,44-54,64-66,75-80H,6-30H2,1-5H3,(H,56,71)(H,57,72)(H,58,73)(H,59,70)(H,60,67)(H,61,68)(H,62,69)(H,63,74)/t35?,36-,37?,38?,44?,45?,46?,47+,48-,49-,50-,51-,52-,53-,54-,55?/m1/s1. The molecule has 0 bridgehead atoms. The van der Waals surface area contributed by atoms with Crippen molar-refractivity contribution >= 4 is 47.3 Å². The molecule has 89 heavy (non-hydrogen) atoms. The van der Waals surface area contributed by atoms with Gasteiger partial charge in [-0.1, -0.05) is 0 Å². The first kappa shape index (κ1) is 78.3. The quantitative estimate of drug-likeness (QED) is 0.0199. The molecule has 34 nitrogen and oxygen atoms in total.